The molecular weight excluding hydrogens is 288 g/mol. The number of nitro groups is 1. The number of rotatable bonds is 10. The van der Waals surface area contributed by atoms with Gasteiger partial charge in [0.05, 0.1) is 11.5 Å². The summed E-state index contributed by atoms with van der Waals surface area (Å²) in [5, 5.41) is 14.2. The molecular formula is C15H24N2O3S. The number of nitrogens with zero attached hydrogens (tertiary/aromatic N) is 1. The van der Waals surface area contributed by atoms with Crippen LogP contribution in [0.2, 0.25) is 0 Å². The first kappa shape index (κ1) is 17.8. The second-order valence-electron chi connectivity index (χ2n) is 5.12. The standard InChI is InChI=1S/C15H24N2O3S/c1-4-21-8-7-20-15-6-5-14(17(18)19)9-13(15)11-16-10-12(2)3/h5-6,9,12,16H,4,7-8,10-11H2,1-3H3. The van der Waals surface area contributed by atoms with Gasteiger partial charge in [0.15, 0.2) is 0 Å². The molecule has 1 aromatic rings. The maximum Gasteiger partial charge on any atom is 0.270 e. The number of non-ortho nitro benzene ring substituents is 1. The molecule has 0 spiro atoms. The molecule has 0 aliphatic heterocycles. The number of nitrogens with one attached hydrogen (secondary N) is 1. The lowest BCUT2D eigenvalue weighted by molar-refractivity contribution is -0.384. The van der Waals surface area contributed by atoms with Crippen molar-refractivity contribution >= 4 is 17.4 Å². The van der Waals surface area contributed by atoms with Crippen LogP contribution in [0.5, 0.6) is 5.75 Å². The van der Waals surface area contributed by atoms with Crippen molar-refractivity contribution < 1.29 is 9.66 Å². The minimum atomic E-state index is -0.372. The first-order valence-electron chi connectivity index (χ1n) is 7.23. The van der Waals surface area contributed by atoms with Gasteiger partial charge >= 0.3 is 0 Å². The first-order chi connectivity index (χ1) is 10.0. The molecule has 0 saturated carbocycles. The summed E-state index contributed by atoms with van der Waals surface area (Å²) in [4.78, 5) is 10.5. The summed E-state index contributed by atoms with van der Waals surface area (Å²) < 4.78 is 5.75. The Morgan fingerprint density at radius 3 is 2.81 bits per heavy atom. The summed E-state index contributed by atoms with van der Waals surface area (Å²) in [6.45, 7) is 8.43. The monoisotopic (exact) mass is 312 g/mol. The SMILES string of the molecule is CCSCCOc1ccc([N+](=O)[O-])cc1CNCC(C)C. The van der Waals surface area contributed by atoms with Gasteiger partial charge < -0.3 is 10.1 Å². The van der Waals surface area contributed by atoms with Gasteiger partial charge in [0.25, 0.3) is 5.69 Å². The Kier molecular flexibility index (Phi) is 8.15. The second kappa shape index (κ2) is 9.63. The molecule has 1 N–H and O–H groups in total. The van der Waals surface area contributed by atoms with Crippen LogP contribution >= 0.6 is 11.8 Å². The van der Waals surface area contributed by atoms with Crippen LogP contribution in [0.4, 0.5) is 5.69 Å². The summed E-state index contributed by atoms with van der Waals surface area (Å²) in [5.74, 6) is 3.25. The van der Waals surface area contributed by atoms with E-state index < -0.39 is 0 Å². The predicted molar refractivity (Wildman–Crippen MR) is 88.1 cm³/mol. The van der Waals surface area contributed by atoms with Gasteiger partial charge in [0.1, 0.15) is 5.75 Å². The number of benzene rings is 1. The van der Waals surface area contributed by atoms with Gasteiger partial charge in [-0.15, -0.1) is 0 Å². The van der Waals surface area contributed by atoms with Crippen LogP contribution in [0, 0.1) is 16.0 Å². The van der Waals surface area contributed by atoms with E-state index in [-0.39, 0.29) is 10.6 Å². The van der Waals surface area contributed by atoms with Gasteiger partial charge in [-0.3, -0.25) is 10.1 Å². The van der Waals surface area contributed by atoms with Crippen LogP contribution in [0.3, 0.4) is 0 Å². The van der Waals surface area contributed by atoms with Crippen molar-refractivity contribution in [3.8, 4) is 5.75 Å². The Hall–Kier alpha value is -1.27. The summed E-state index contributed by atoms with van der Waals surface area (Å²) in [6.07, 6.45) is 0. The zero-order valence-corrected chi connectivity index (χ0v) is 13.7. The molecule has 0 saturated heterocycles. The molecule has 118 valence electrons. The minimum absolute atomic E-state index is 0.103. The third kappa shape index (κ3) is 6.82. The quantitative estimate of drug-likeness (QED) is 0.407. The highest BCUT2D eigenvalue weighted by atomic mass is 32.2. The Morgan fingerprint density at radius 2 is 2.19 bits per heavy atom. The maximum atomic E-state index is 10.9. The van der Waals surface area contributed by atoms with E-state index in [0.717, 1.165) is 29.4 Å². The van der Waals surface area contributed by atoms with Gasteiger partial charge in [0.2, 0.25) is 0 Å². The largest absolute Gasteiger partial charge is 0.492 e. The topological polar surface area (TPSA) is 64.4 Å². The normalized spacial score (nSPS) is 10.9. The van der Waals surface area contributed by atoms with E-state index in [0.29, 0.717) is 19.1 Å². The van der Waals surface area contributed by atoms with Crippen LogP contribution in [0.25, 0.3) is 0 Å². The molecule has 1 aromatic carbocycles. The van der Waals surface area contributed by atoms with Crippen LogP contribution < -0.4 is 10.1 Å². The van der Waals surface area contributed by atoms with Crippen molar-refractivity contribution in [3.05, 3.63) is 33.9 Å². The van der Waals surface area contributed by atoms with E-state index in [1.54, 1.807) is 12.1 Å². The highest BCUT2D eigenvalue weighted by Crippen LogP contribution is 2.24. The number of nitro benzene ring substituents is 1. The number of hydrogen-bond donors (Lipinski definition) is 1. The molecule has 0 aromatic heterocycles. The van der Waals surface area contributed by atoms with E-state index in [4.69, 9.17) is 4.74 Å². The van der Waals surface area contributed by atoms with Crippen molar-refractivity contribution in [2.75, 3.05) is 24.7 Å². The third-order valence-electron chi connectivity index (χ3n) is 2.81. The van der Waals surface area contributed by atoms with Gasteiger partial charge in [0, 0.05) is 30.0 Å². The predicted octanol–water partition coefficient (Wildman–Crippen LogP) is 3.47. The fourth-order valence-corrected chi connectivity index (χ4v) is 2.30. The Bertz CT molecular complexity index is 453. The number of thioether (sulfide) groups is 1. The summed E-state index contributed by atoms with van der Waals surface area (Å²) >= 11 is 1.81. The van der Waals surface area contributed by atoms with Crippen molar-refractivity contribution in [1.82, 2.24) is 5.32 Å². The number of ether oxygens (including phenoxy) is 1. The van der Waals surface area contributed by atoms with Crippen molar-refractivity contribution in [1.29, 1.82) is 0 Å². The van der Waals surface area contributed by atoms with Crippen LogP contribution in [0.1, 0.15) is 26.3 Å². The highest BCUT2D eigenvalue weighted by molar-refractivity contribution is 7.99. The van der Waals surface area contributed by atoms with Crippen LogP contribution in [0.15, 0.2) is 18.2 Å². The van der Waals surface area contributed by atoms with Gasteiger partial charge in [-0.2, -0.15) is 11.8 Å². The van der Waals surface area contributed by atoms with E-state index in [1.807, 2.05) is 11.8 Å². The molecule has 0 unspecified atom stereocenters. The van der Waals surface area contributed by atoms with Crippen LogP contribution in [-0.2, 0) is 6.54 Å². The molecule has 5 nitrogen and oxygen atoms in total. The minimum Gasteiger partial charge on any atom is -0.492 e. The molecule has 0 radical (unpaired) electrons. The van der Waals surface area contributed by atoms with Crippen molar-refractivity contribution in [2.45, 2.75) is 27.3 Å². The van der Waals surface area contributed by atoms with E-state index in [1.165, 1.54) is 6.07 Å². The van der Waals surface area contributed by atoms with E-state index in [9.17, 15) is 10.1 Å². The fourth-order valence-electron chi connectivity index (χ4n) is 1.81. The van der Waals surface area contributed by atoms with Crippen LogP contribution in [-0.4, -0.2) is 29.6 Å². The first-order valence-corrected chi connectivity index (χ1v) is 8.38. The molecule has 0 atom stereocenters. The fraction of sp³-hybridized carbons (Fsp3) is 0.600. The smallest absolute Gasteiger partial charge is 0.270 e. The molecule has 21 heavy (non-hydrogen) atoms. The van der Waals surface area contributed by atoms with E-state index in [2.05, 4.69) is 26.1 Å². The molecule has 0 aliphatic carbocycles. The summed E-state index contributed by atoms with van der Waals surface area (Å²) in [6, 6.07) is 4.78. The van der Waals surface area contributed by atoms with Crippen molar-refractivity contribution in [2.24, 2.45) is 5.92 Å². The maximum absolute atomic E-state index is 10.9. The Balaban J connectivity index is 2.71. The molecule has 6 heteroatoms. The molecule has 0 heterocycles. The summed E-state index contributed by atoms with van der Waals surface area (Å²) in [7, 11) is 0. The zero-order valence-electron chi connectivity index (χ0n) is 12.9. The third-order valence-corrected chi connectivity index (χ3v) is 3.68. The summed E-state index contributed by atoms with van der Waals surface area (Å²) in [5.41, 5.74) is 0.943. The van der Waals surface area contributed by atoms with Crippen molar-refractivity contribution in [3.63, 3.8) is 0 Å². The lowest BCUT2D eigenvalue weighted by atomic mass is 10.1. The number of hydrogen-bond acceptors (Lipinski definition) is 5. The average molecular weight is 312 g/mol. The second-order valence-corrected chi connectivity index (χ2v) is 6.51. The van der Waals surface area contributed by atoms with Gasteiger partial charge in [-0.1, -0.05) is 20.8 Å². The molecule has 1 rings (SSSR count). The lowest BCUT2D eigenvalue weighted by Gasteiger charge is -2.13. The van der Waals surface area contributed by atoms with Gasteiger partial charge in [-0.05, 0) is 24.3 Å². The molecule has 0 aliphatic rings. The Labute approximate surface area is 130 Å². The Morgan fingerprint density at radius 1 is 1.43 bits per heavy atom. The van der Waals surface area contributed by atoms with E-state index >= 15 is 0 Å². The molecule has 0 fully saturated rings. The molecule has 0 amide bonds. The highest BCUT2D eigenvalue weighted by Gasteiger charge is 2.11. The molecule has 0 bridgehead atoms. The lowest BCUT2D eigenvalue weighted by Crippen LogP contribution is -2.19. The zero-order chi connectivity index (χ0) is 15.7. The average Bonchev–Trinajstić information content (AvgIpc) is 2.44. The van der Waals surface area contributed by atoms with Gasteiger partial charge in [-0.25, -0.2) is 0 Å².